The van der Waals surface area contributed by atoms with E-state index in [9.17, 15) is 9.59 Å². The molecule has 0 bridgehead atoms. The number of nitrogens with zero attached hydrogens (tertiary/aromatic N) is 3. The molecule has 152 valence electrons. The molecule has 9 nitrogen and oxygen atoms in total. The van der Waals surface area contributed by atoms with Gasteiger partial charge < -0.3 is 9.15 Å². The lowest BCUT2D eigenvalue weighted by Gasteiger charge is -2.09. The Balaban J connectivity index is 1.40. The van der Waals surface area contributed by atoms with Crippen molar-refractivity contribution in [2.75, 3.05) is 6.61 Å². The van der Waals surface area contributed by atoms with Crippen molar-refractivity contribution in [3.8, 4) is 23.3 Å². The molecule has 9 heteroatoms. The van der Waals surface area contributed by atoms with Crippen molar-refractivity contribution in [2.45, 2.75) is 19.8 Å². The number of aryl methyl sites for hydroxylation is 2. The second-order valence-electron chi connectivity index (χ2n) is 6.36. The van der Waals surface area contributed by atoms with Crippen LogP contribution >= 0.6 is 0 Å². The summed E-state index contributed by atoms with van der Waals surface area (Å²) in [5, 5.41) is 16.9. The number of benzene rings is 2. The Bertz CT molecular complexity index is 1070. The van der Waals surface area contributed by atoms with E-state index in [4.69, 9.17) is 14.4 Å². The number of hydrogen-bond acceptors (Lipinski definition) is 7. The smallest absolute Gasteiger partial charge is 0.276 e. The summed E-state index contributed by atoms with van der Waals surface area (Å²) in [6.07, 6.45) is 0.278. The SMILES string of the molecule is Cc1ccc(-c2nnc(CCC(=O)NNC(=O)COc3ccccc3C#N)o2)cc1. The normalized spacial score (nSPS) is 10.1. The van der Waals surface area contributed by atoms with E-state index in [1.165, 1.54) is 0 Å². The molecule has 3 aromatic rings. The van der Waals surface area contributed by atoms with Gasteiger partial charge in [-0.05, 0) is 31.2 Å². The fourth-order valence-electron chi connectivity index (χ4n) is 2.45. The van der Waals surface area contributed by atoms with Crippen LogP contribution in [-0.4, -0.2) is 28.6 Å². The highest BCUT2D eigenvalue weighted by Gasteiger charge is 2.12. The molecule has 3 rings (SSSR count). The monoisotopic (exact) mass is 405 g/mol. The van der Waals surface area contributed by atoms with Crippen molar-refractivity contribution in [3.05, 3.63) is 65.5 Å². The number of carbonyl (C=O) groups excluding carboxylic acids is 2. The summed E-state index contributed by atoms with van der Waals surface area (Å²) in [5.74, 6) is 0.0191. The number of aromatic nitrogens is 2. The van der Waals surface area contributed by atoms with Crippen molar-refractivity contribution < 1.29 is 18.7 Å². The topological polar surface area (TPSA) is 130 Å². The molecule has 2 aromatic carbocycles. The second kappa shape index (κ2) is 9.84. The summed E-state index contributed by atoms with van der Waals surface area (Å²) in [7, 11) is 0. The predicted molar refractivity (Wildman–Crippen MR) is 106 cm³/mol. The van der Waals surface area contributed by atoms with Crippen LogP contribution < -0.4 is 15.6 Å². The number of nitrogens with one attached hydrogen (secondary N) is 2. The van der Waals surface area contributed by atoms with Gasteiger partial charge in [-0.1, -0.05) is 29.8 Å². The van der Waals surface area contributed by atoms with Crippen LogP contribution in [-0.2, 0) is 16.0 Å². The molecule has 2 N–H and O–H groups in total. The zero-order valence-electron chi connectivity index (χ0n) is 16.2. The van der Waals surface area contributed by atoms with Gasteiger partial charge in [0.2, 0.25) is 17.7 Å². The number of hydrogen-bond donors (Lipinski definition) is 2. The Morgan fingerprint density at radius 2 is 1.80 bits per heavy atom. The van der Waals surface area contributed by atoms with E-state index in [2.05, 4.69) is 21.0 Å². The maximum absolute atomic E-state index is 11.9. The summed E-state index contributed by atoms with van der Waals surface area (Å²) in [4.78, 5) is 23.7. The molecule has 0 unspecified atom stereocenters. The lowest BCUT2D eigenvalue weighted by atomic mass is 10.1. The molecule has 0 aliphatic carbocycles. The number of ether oxygens (including phenoxy) is 1. The molecule has 0 aliphatic rings. The third-order valence-electron chi connectivity index (χ3n) is 4.04. The van der Waals surface area contributed by atoms with Crippen molar-refractivity contribution in [2.24, 2.45) is 0 Å². The third kappa shape index (κ3) is 5.65. The zero-order valence-corrected chi connectivity index (χ0v) is 16.2. The fraction of sp³-hybridized carbons (Fsp3) is 0.190. The van der Waals surface area contributed by atoms with Crippen LogP contribution in [0.15, 0.2) is 52.9 Å². The molecule has 0 atom stereocenters. The van der Waals surface area contributed by atoms with Gasteiger partial charge in [-0.25, -0.2) is 0 Å². The van der Waals surface area contributed by atoms with Crippen LogP contribution in [0, 0.1) is 18.3 Å². The predicted octanol–water partition coefficient (Wildman–Crippen LogP) is 2.08. The van der Waals surface area contributed by atoms with E-state index in [0.717, 1.165) is 11.1 Å². The first-order valence-corrected chi connectivity index (χ1v) is 9.14. The Morgan fingerprint density at radius 1 is 1.07 bits per heavy atom. The van der Waals surface area contributed by atoms with E-state index in [0.29, 0.717) is 23.1 Å². The molecule has 0 saturated carbocycles. The summed E-state index contributed by atoms with van der Waals surface area (Å²) < 4.78 is 10.8. The number of hydrazine groups is 1. The number of rotatable bonds is 7. The molecular formula is C21H19N5O4. The first-order valence-electron chi connectivity index (χ1n) is 9.14. The summed E-state index contributed by atoms with van der Waals surface area (Å²) in [6, 6.07) is 16.2. The fourth-order valence-corrected chi connectivity index (χ4v) is 2.45. The van der Waals surface area contributed by atoms with E-state index in [-0.39, 0.29) is 19.4 Å². The van der Waals surface area contributed by atoms with Crippen LogP contribution in [0.2, 0.25) is 0 Å². The highest BCUT2D eigenvalue weighted by atomic mass is 16.5. The number of amides is 2. The molecule has 0 radical (unpaired) electrons. The first kappa shape index (κ1) is 20.5. The minimum absolute atomic E-state index is 0.0495. The number of para-hydroxylation sites is 1. The summed E-state index contributed by atoms with van der Waals surface area (Å²) >= 11 is 0. The minimum Gasteiger partial charge on any atom is -0.482 e. The van der Waals surface area contributed by atoms with Gasteiger partial charge in [-0.3, -0.25) is 20.4 Å². The van der Waals surface area contributed by atoms with Crippen LogP contribution in [0.5, 0.6) is 5.75 Å². The van der Waals surface area contributed by atoms with Gasteiger partial charge in [0.05, 0.1) is 5.56 Å². The van der Waals surface area contributed by atoms with E-state index < -0.39 is 11.8 Å². The molecule has 1 heterocycles. The van der Waals surface area contributed by atoms with Crippen molar-refractivity contribution in [1.82, 2.24) is 21.0 Å². The number of carbonyl (C=O) groups is 2. The van der Waals surface area contributed by atoms with Crippen molar-refractivity contribution >= 4 is 11.8 Å². The average molecular weight is 405 g/mol. The Morgan fingerprint density at radius 3 is 2.57 bits per heavy atom. The highest BCUT2D eigenvalue weighted by molar-refractivity contribution is 5.82. The van der Waals surface area contributed by atoms with Gasteiger partial charge in [0.1, 0.15) is 11.8 Å². The van der Waals surface area contributed by atoms with Gasteiger partial charge in [0, 0.05) is 18.4 Å². The molecule has 2 amide bonds. The van der Waals surface area contributed by atoms with Gasteiger partial charge in [-0.15, -0.1) is 10.2 Å². The Hall–Kier alpha value is -4.19. The van der Waals surface area contributed by atoms with Gasteiger partial charge >= 0.3 is 0 Å². The largest absolute Gasteiger partial charge is 0.482 e. The first-order chi connectivity index (χ1) is 14.5. The lowest BCUT2D eigenvalue weighted by Crippen LogP contribution is -2.43. The molecule has 0 spiro atoms. The van der Waals surface area contributed by atoms with E-state index in [1.807, 2.05) is 37.3 Å². The molecule has 0 saturated heterocycles. The van der Waals surface area contributed by atoms with Gasteiger partial charge in [0.25, 0.3) is 5.91 Å². The van der Waals surface area contributed by atoms with E-state index in [1.54, 1.807) is 24.3 Å². The Labute approximate surface area is 172 Å². The van der Waals surface area contributed by atoms with Crippen LogP contribution in [0.1, 0.15) is 23.4 Å². The third-order valence-corrected chi connectivity index (χ3v) is 4.04. The van der Waals surface area contributed by atoms with Gasteiger partial charge in [-0.2, -0.15) is 5.26 Å². The molecule has 0 fully saturated rings. The van der Waals surface area contributed by atoms with Crippen molar-refractivity contribution in [1.29, 1.82) is 5.26 Å². The van der Waals surface area contributed by atoms with Gasteiger partial charge in [0.15, 0.2) is 6.61 Å². The molecule has 30 heavy (non-hydrogen) atoms. The highest BCUT2D eigenvalue weighted by Crippen LogP contribution is 2.18. The Kier molecular flexibility index (Phi) is 6.74. The minimum atomic E-state index is -0.560. The second-order valence-corrected chi connectivity index (χ2v) is 6.36. The maximum atomic E-state index is 11.9. The molecular weight excluding hydrogens is 386 g/mol. The summed E-state index contributed by atoms with van der Waals surface area (Å²) in [6.45, 7) is 1.64. The lowest BCUT2D eigenvalue weighted by molar-refractivity contribution is -0.130. The van der Waals surface area contributed by atoms with E-state index >= 15 is 0 Å². The van der Waals surface area contributed by atoms with Crippen LogP contribution in [0.4, 0.5) is 0 Å². The van der Waals surface area contributed by atoms with Crippen LogP contribution in [0.25, 0.3) is 11.5 Å². The number of nitriles is 1. The quantitative estimate of drug-likeness (QED) is 0.576. The van der Waals surface area contributed by atoms with Crippen LogP contribution in [0.3, 0.4) is 0 Å². The zero-order chi connectivity index (χ0) is 21.3. The molecule has 0 aliphatic heterocycles. The summed E-state index contributed by atoms with van der Waals surface area (Å²) in [5.41, 5.74) is 6.78. The maximum Gasteiger partial charge on any atom is 0.276 e. The standard InChI is InChI=1S/C21H19N5O4/c1-14-6-8-15(9-7-14)21-26-25-20(30-21)11-10-18(27)23-24-19(28)13-29-17-5-3-2-4-16(17)12-22/h2-9H,10-11,13H2,1H3,(H,23,27)(H,24,28). The molecule has 1 aromatic heterocycles. The van der Waals surface area contributed by atoms with Crippen molar-refractivity contribution in [3.63, 3.8) is 0 Å². The average Bonchev–Trinajstić information content (AvgIpc) is 3.24.